The number of hydrogen-bond acceptors (Lipinski definition) is 3. The zero-order valence-corrected chi connectivity index (χ0v) is 10.0. The Morgan fingerprint density at radius 3 is 3.25 bits per heavy atom. The van der Waals surface area contributed by atoms with Crippen molar-refractivity contribution in [1.29, 1.82) is 0 Å². The number of nitrogens with one attached hydrogen (secondary N) is 2. The molecule has 1 fully saturated rings. The fourth-order valence-electron chi connectivity index (χ4n) is 2.19. The van der Waals surface area contributed by atoms with E-state index in [1.165, 1.54) is 19.4 Å². The predicted molar refractivity (Wildman–Crippen MR) is 65.5 cm³/mol. The van der Waals surface area contributed by atoms with Gasteiger partial charge >= 0.3 is 0 Å². The highest BCUT2D eigenvalue weighted by Gasteiger charge is 2.14. The molecule has 0 aliphatic carbocycles. The van der Waals surface area contributed by atoms with Gasteiger partial charge in [-0.05, 0) is 44.9 Å². The summed E-state index contributed by atoms with van der Waals surface area (Å²) in [4.78, 5) is 0. The van der Waals surface area contributed by atoms with Crippen molar-refractivity contribution in [3.63, 3.8) is 0 Å². The van der Waals surface area contributed by atoms with Crippen molar-refractivity contribution in [3.8, 4) is 0 Å². The minimum atomic E-state index is 0.562. The number of aryl methyl sites for hydroxylation is 1. The quantitative estimate of drug-likeness (QED) is 0.772. The highest BCUT2D eigenvalue weighted by Crippen LogP contribution is 2.07. The normalized spacial score (nSPS) is 22.4. The first-order valence-electron chi connectivity index (χ1n) is 6.34. The van der Waals surface area contributed by atoms with Gasteiger partial charge in [0.1, 0.15) is 5.76 Å². The molecule has 1 aromatic rings. The van der Waals surface area contributed by atoms with Gasteiger partial charge in [-0.3, -0.25) is 0 Å². The van der Waals surface area contributed by atoms with Crippen LogP contribution in [0.25, 0.3) is 0 Å². The minimum absolute atomic E-state index is 0.562. The molecular formula is C13H22N2O. The van der Waals surface area contributed by atoms with Gasteiger partial charge in [0.25, 0.3) is 0 Å². The molecule has 1 aliphatic heterocycles. The van der Waals surface area contributed by atoms with Gasteiger partial charge in [0.2, 0.25) is 0 Å². The maximum absolute atomic E-state index is 5.32. The topological polar surface area (TPSA) is 37.2 Å². The van der Waals surface area contributed by atoms with Gasteiger partial charge in [-0.2, -0.15) is 0 Å². The van der Waals surface area contributed by atoms with Crippen LogP contribution >= 0.6 is 0 Å². The first-order chi connectivity index (χ1) is 7.84. The molecule has 0 aromatic carbocycles. The lowest BCUT2D eigenvalue weighted by Crippen LogP contribution is -2.38. The van der Waals surface area contributed by atoms with E-state index < -0.39 is 0 Å². The first-order valence-corrected chi connectivity index (χ1v) is 6.34. The SMILES string of the molecule is CC(CCc1ccco1)NCC1CCCN1. The largest absolute Gasteiger partial charge is 0.469 e. The van der Waals surface area contributed by atoms with Crippen molar-refractivity contribution in [2.24, 2.45) is 0 Å². The minimum Gasteiger partial charge on any atom is -0.469 e. The summed E-state index contributed by atoms with van der Waals surface area (Å²) < 4.78 is 5.32. The lowest BCUT2D eigenvalue weighted by molar-refractivity contribution is 0.438. The molecule has 0 spiro atoms. The zero-order chi connectivity index (χ0) is 11.2. The summed E-state index contributed by atoms with van der Waals surface area (Å²) in [6, 6.07) is 5.25. The summed E-state index contributed by atoms with van der Waals surface area (Å²) in [5.41, 5.74) is 0. The van der Waals surface area contributed by atoms with Crippen molar-refractivity contribution < 1.29 is 4.42 Å². The van der Waals surface area contributed by atoms with Gasteiger partial charge in [-0.25, -0.2) is 0 Å². The number of hydrogen-bond donors (Lipinski definition) is 2. The molecule has 16 heavy (non-hydrogen) atoms. The van der Waals surface area contributed by atoms with E-state index in [-0.39, 0.29) is 0 Å². The van der Waals surface area contributed by atoms with Crippen LogP contribution in [0.1, 0.15) is 31.9 Å². The third kappa shape index (κ3) is 3.65. The molecule has 1 saturated heterocycles. The van der Waals surface area contributed by atoms with Crippen molar-refractivity contribution in [2.75, 3.05) is 13.1 Å². The van der Waals surface area contributed by atoms with Gasteiger partial charge in [0, 0.05) is 25.0 Å². The van der Waals surface area contributed by atoms with Crippen LogP contribution in [0.4, 0.5) is 0 Å². The monoisotopic (exact) mass is 222 g/mol. The van der Waals surface area contributed by atoms with Gasteiger partial charge in [-0.15, -0.1) is 0 Å². The number of furan rings is 1. The standard InChI is InChI=1S/C13H22N2O/c1-11(6-7-13-5-3-9-16-13)15-10-12-4-2-8-14-12/h3,5,9,11-12,14-15H,2,4,6-8,10H2,1H3. The van der Waals surface area contributed by atoms with Crippen molar-refractivity contribution >= 4 is 0 Å². The molecule has 2 rings (SSSR count). The van der Waals surface area contributed by atoms with E-state index in [0.29, 0.717) is 12.1 Å². The van der Waals surface area contributed by atoms with Gasteiger partial charge in [0.15, 0.2) is 0 Å². The lowest BCUT2D eigenvalue weighted by atomic mass is 10.1. The Hall–Kier alpha value is -0.800. The lowest BCUT2D eigenvalue weighted by Gasteiger charge is -2.16. The smallest absolute Gasteiger partial charge is 0.103 e. The third-order valence-electron chi connectivity index (χ3n) is 3.28. The van der Waals surface area contributed by atoms with Crippen LogP contribution < -0.4 is 10.6 Å². The molecule has 90 valence electrons. The van der Waals surface area contributed by atoms with Crippen LogP contribution in [-0.2, 0) is 6.42 Å². The fraction of sp³-hybridized carbons (Fsp3) is 0.692. The molecule has 1 aliphatic rings. The summed E-state index contributed by atoms with van der Waals surface area (Å²) in [7, 11) is 0. The van der Waals surface area contributed by atoms with Crippen LogP contribution in [0, 0.1) is 0 Å². The molecule has 2 N–H and O–H groups in total. The maximum Gasteiger partial charge on any atom is 0.103 e. The van der Waals surface area contributed by atoms with Crippen LogP contribution in [-0.4, -0.2) is 25.2 Å². The van der Waals surface area contributed by atoms with E-state index in [4.69, 9.17) is 4.42 Å². The highest BCUT2D eigenvalue weighted by atomic mass is 16.3. The average molecular weight is 222 g/mol. The Labute approximate surface area is 97.6 Å². The molecule has 2 atom stereocenters. The fourth-order valence-corrected chi connectivity index (χ4v) is 2.19. The van der Waals surface area contributed by atoms with Crippen molar-refractivity contribution in [1.82, 2.24) is 10.6 Å². The van der Waals surface area contributed by atoms with E-state index in [1.807, 2.05) is 12.1 Å². The van der Waals surface area contributed by atoms with E-state index in [2.05, 4.69) is 17.6 Å². The van der Waals surface area contributed by atoms with E-state index in [9.17, 15) is 0 Å². The summed E-state index contributed by atoms with van der Waals surface area (Å²) in [5.74, 6) is 1.09. The molecule has 3 heteroatoms. The summed E-state index contributed by atoms with van der Waals surface area (Å²) in [6.07, 6.45) is 6.56. The second-order valence-electron chi connectivity index (χ2n) is 4.72. The average Bonchev–Trinajstić information content (AvgIpc) is 2.96. The first kappa shape index (κ1) is 11.7. The molecular weight excluding hydrogens is 200 g/mol. The van der Waals surface area contributed by atoms with Crippen LogP contribution in [0.2, 0.25) is 0 Å². The van der Waals surface area contributed by atoms with Crippen LogP contribution in [0.3, 0.4) is 0 Å². The molecule has 2 heterocycles. The Bertz CT molecular complexity index is 278. The summed E-state index contributed by atoms with van der Waals surface area (Å²) in [5, 5.41) is 7.08. The Kier molecular flexibility index (Phi) is 4.43. The highest BCUT2D eigenvalue weighted by molar-refractivity contribution is 4.98. The summed E-state index contributed by atoms with van der Waals surface area (Å²) in [6.45, 7) is 4.53. The van der Waals surface area contributed by atoms with Gasteiger partial charge in [0.05, 0.1) is 6.26 Å². The molecule has 0 saturated carbocycles. The second-order valence-corrected chi connectivity index (χ2v) is 4.72. The van der Waals surface area contributed by atoms with Crippen molar-refractivity contribution in [2.45, 2.75) is 44.7 Å². The van der Waals surface area contributed by atoms with Gasteiger partial charge in [-0.1, -0.05) is 0 Å². The zero-order valence-electron chi connectivity index (χ0n) is 10.0. The number of rotatable bonds is 6. The Balaban J connectivity index is 1.58. The molecule has 0 amide bonds. The summed E-state index contributed by atoms with van der Waals surface area (Å²) >= 11 is 0. The molecule has 3 nitrogen and oxygen atoms in total. The third-order valence-corrected chi connectivity index (χ3v) is 3.28. The second kappa shape index (κ2) is 6.06. The molecule has 0 radical (unpaired) electrons. The molecule has 0 bridgehead atoms. The van der Waals surface area contributed by atoms with Crippen LogP contribution in [0.5, 0.6) is 0 Å². The Morgan fingerprint density at radius 2 is 2.56 bits per heavy atom. The van der Waals surface area contributed by atoms with E-state index >= 15 is 0 Å². The van der Waals surface area contributed by atoms with Crippen molar-refractivity contribution in [3.05, 3.63) is 24.2 Å². The molecule has 1 aromatic heterocycles. The van der Waals surface area contributed by atoms with E-state index in [0.717, 1.165) is 25.1 Å². The molecule has 2 unspecified atom stereocenters. The van der Waals surface area contributed by atoms with Crippen LogP contribution in [0.15, 0.2) is 22.8 Å². The predicted octanol–water partition coefficient (Wildman–Crippen LogP) is 1.94. The van der Waals surface area contributed by atoms with E-state index in [1.54, 1.807) is 6.26 Å². The maximum atomic E-state index is 5.32. The van der Waals surface area contributed by atoms with Gasteiger partial charge < -0.3 is 15.1 Å². The Morgan fingerprint density at radius 1 is 1.62 bits per heavy atom.